The molecular weight excluding hydrogens is 257 g/mol. The third-order valence-electron chi connectivity index (χ3n) is 2.87. The van der Waals surface area contributed by atoms with Gasteiger partial charge < -0.3 is 11.1 Å². The Labute approximate surface area is 105 Å². The topological polar surface area (TPSA) is 55.1 Å². The van der Waals surface area contributed by atoms with Crippen molar-refractivity contribution in [3.8, 4) is 0 Å². The van der Waals surface area contributed by atoms with Gasteiger partial charge in [0, 0.05) is 19.0 Å². The van der Waals surface area contributed by atoms with Crippen LogP contribution in [0.4, 0.5) is 13.2 Å². The van der Waals surface area contributed by atoms with Gasteiger partial charge in [-0.05, 0) is 19.3 Å². The van der Waals surface area contributed by atoms with Crippen molar-refractivity contribution in [3.05, 3.63) is 0 Å². The lowest BCUT2D eigenvalue weighted by Gasteiger charge is -2.31. The third kappa shape index (κ3) is 5.59. The number of halogens is 4. The molecule has 2 atom stereocenters. The van der Waals surface area contributed by atoms with E-state index in [-0.39, 0.29) is 50.2 Å². The Bertz CT molecular complexity index is 248. The van der Waals surface area contributed by atoms with Crippen LogP contribution in [0, 0.1) is 5.92 Å². The van der Waals surface area contributed by atoms with Gasteiger partial charge in [-0.3, -0.25) is 4.79 Å². The molecule has 0 aromatic heterocycles. The van der Waals surface area contributed by atoms with Crippen LogP contribution in [-0.4, -0.2) is 24.7 Å². The van der Waals surface area contributed by atoms with Crippen LogP contribution in [-0.2, 0) is 4.79 Å². The number of alkyl halides is 3. The first-order valence-corrected chi connectivity index (χ1v) is 5.49. The van der Waals surface area contributed by atoms with E-state index in [9.17, 15) is 18.0 Å². The normalized spacial score (nSPS) is 24.9. The number of carbonyl (C=O) groups excluding carboxylic acids is 1. The summed E-state index contributed by atoms with van der Waals surface area (Å²) in [5, 5.41) is 2.60. The van der Waals surface area contributed by atoms with E-state index in [2.05, 4.69) is 5.32 Å². The molecule has 3 N–H and O–H groups in total. The molecule has 0 heterocycles. The van der Waals surface area contributed by atoms with Crippen molar-refractivity contribution in [3.63, 3.8) is 0 Å². The van der Waals surface area contributed by atoms with Gasteiger partial charge in [-0.15, -0.1) is 12.4 Å². The number of amides is 1. The molecule has 1 aliphatic carbocycles. The van der Waals surface area contributed by atoms with Crippen LogP contribution in [0.15, 0.2) is 0 Å². The van der Waals surface area contributed by atoms with Crippen molar-refractivity contribution in [1.82, 2.24) is 5.32 Å². The highest BCUT2D eigenvalue weighted by Gasteiger charge is 2.42. The van der Waals surface area contributed by atoms with E-state index < -0.39 is 12.1 Å². The smallest absolute Gasteiger partial charge is 0.353 e. The highest BCUT2D eigenvalue weighted by molar-refractivity contribution is 5.85. The van der Waals surface area contributed by atoms with E-state index in [0.717, 1.165) is 0 Å². The Morgan fingerprint density at radius 3 is 2.53 bits per heavy atom. The van der Waals surface area contributed by atoms with Gasteiger partial charge in [0.1, 0.15) is 0 Å². The molecule has 1 aliphatic rings. The first kappa shape index (κ1) is 16.5. The summed E-state index contributed by atoms with van der Waals surface area (Å²) in [6.45, 7) is 0.223. The summed E-state index contributed by atoms with van der Waals surface area (Å²) in [7, 11) is 0. The van der Waals surface area contributed by atoms with Crippen molar-refractivity contribution < 1.29 is 18.0 Å². The van der Waals surface area contributed by atoms with E-state index in [1.165, 1.54) is 0 Å². The number of rotatable bonds is 3. The molecule has 0 aliphatic heterocycles. The summed E-state index contributed by atoms with van der Waals surface area (Å²) in [5.74, 6) is -1.53. The van der Waals surface area contributed by atoms with Gasteiger partial charge in [0.2, 0.25) is 5.91 Å². The minimum absolute atomic E-state index is 0. The maximum atomic E-state index is 12.5. The second kappa shape index (κ2) is 7.06. The largest absolute Gasteiger partial charge is 0.391 e. The van der Waals surface area contributed by atoms with Gasteiger partial charge in [-0.1, -0.05) is 6.42 Å². The van der Waals surface area contributed by atoms with Crippen molar-refractivity contribution in [2.75, 3.05) is 6.54 Å². The van der Waals surface area contributed by atoms with Crippen LogP contribution < -0.4 is 11.1 Å². The molecule has 0 spiro atoms. The summed E-state index contributed by atoms with van der Waals surface area (Å²) >= 11 is 0. The molecule has 0 aromatic carbocycles. The van der Waals surface area contributed by atoms with Crippen LogP contribution >= 0.6 is 12.4 Å². The molecular formula is C10H18ClF3N2O. The average molecular weight is 275 g/mol. The molecule has 102 valence electrons. The number of carbonyl (C=O) groups is 1. The first-order valence-electron chi connectivity index (χ1n) is 5.49. The Morgan fingerprint density at radius 1 is 1.35 bits per heavy atom. The SMILES string of the molecule is Cl.NCCC(=O)NC1CCCC(C(F)(F)F)C1. The van der Waals surface area contributed by atoms with Gasteiger partial charge >= 0.3 is 6.18 Å². The van der Waals surface area contributed by atoms with Crippen molar-refractivity contribution >= 4 is 18.3 Å². The zero-order valence-corrected chi connectivity index (χ0v) is 10.2. The predicted octanol–water partition coefficient (Wildman–Crippen LogP) is 1.99. The number of hydrogen-bond acceptors (Lipinski definition) is 2. The summed E-state index contributed by atoms with van der Waals surface area (Å²) < 4.78 is 37.4. The Hall–Kier alpha value is -0.490. The molecule has 2 unspecified atom stereocenters. The average Bonchev–Trinajstić information content (AvgIpc) is 2.17. The lowest BCUT2D eigenvalue weighted by Crippen LogP contribution is -2.42. The standard InChI is InChI=1S/C10H17F3N2O.ClH/c11-10(12,13)7-2-1-3-8(6-7)15-9(16)4-5-14;/h7-8H,1-6,14H2,(H,15,16);1H. The third-order valence-corrected chi connectivity index (χ3v) is 2.87. The second-order valence-corrected chi connectivity index (χ2v) is 4.21. The zero-order chi connectivity index (χ0) is 12.2. The number of hydrogen-bond donors (Lipinski definition) is 2. The van der Waals surface area contributed by atoms with Crippen molar-refractivity contribution in [2.45, 2.75) is 44.3 Å². The summed E-state index contributed by atoms with van der Waals surface area (Å²) in [5.41, 5.74) is 5.19. The first-order chi connectivity index (χ1) is 7.43. The van der Waals surface area contributed by atoms with Crippen molar-refractivity contribution in [2.24, 2.45) is 11.7 Å². The number of nitrogens with two attached hydrogens (primary N) is 1. The van der Waals surface area contributed by atoms with Crippen LogP contribution in [0.25, 0.3) is 0 Å². The summed E-state index contributed by atoms with van der Waals surface area (Å²) in [4.78, 5) is 11.2. The predicted molar refractivity (Wildman–Crippen MR) is 60.9 cm³/mol. The molecule has 1 fully saturated rings. The highest BCUT2D eigenvalue weighted by Crippen LogP contribution is 2.37. The van der Waals surface area contributed by atoms with Crippen molar-refractivity contribution in [1.29, 1.82) is 0 Å². The second-order valence-electron chi connectivity index (χ2n) is 4.21. The monoisotopic (exact) mass is 274 g/mol. The molecule has 1 amide bonds. The van der Waals surface area contributed by atoms with Gasteiger partial charge in [-0.2, -0.15) is 13.2 Å². The van der Waals surface area contributed by atoms with E-state index in [1.807, 2.05) is 0 Å². The van der Waals surface area contributed by atoms with Gasteiger partial charge in [0.05, 0.1) is 5.92 Å². The molecule has 0 saturated heterocycles. The maximum absolute atomic E-state index is 12.5. The minimum Gasteiger partial charge on any atom is -0.353 e. The fourth-order valence-electron chi connectivity index (χ4n) is 2.05. The van der Waals surface area contributed by atoms with Gasteiger partial charge in [0.25, 0.3) is 0 Å². The van der Waals surface area contributed by atoms with Gasteiger partial charge in [0.15, 0.2) is 0 Å². The lowest BCUT2D eigenvalue weighted by molar-refractivity contribution is -0.184. The van der Waals surface area contributed by atoms with Crippen LogP contribution in [0.1, 0.15) is 32.1 Å². The van der Waals surface area contributed by atoms with Crippen LogP contribution in [0.5, 0.6) is 0 Å². The molecule has 17 heavy (non-hydrogen) atoms. The Kier molecular flexibility index (Phi) is 6.85. The zero-order valence-electron chi connectivity index (χ0n) is 9.43. The summed E-state index contributed by atoms with van der Waals surface area (Å²) in [6, 6.07) is -0.348. The van der Waals surface area contributed by atoms with E-state index >= 15 is 0 Å². The summed E-state index contributed by atoms with van der Waals surface area (Å²) in [6.07, 6.45) is -2.66. The quantitative estimate of drug-likeness (QED) is 0.827. The van der Waals surface area contributed by atoms with Crippen LogP contribution in [0.2, 0.25) is 0 Å². The highest BCUT2D eigenvalue weighted by atomic mass is 35.5. The minimum atomic E-state index is -4.14. The molecule has 3 nitrogen and oxygen atoms in total. The molecule has 1 saturated carbocycles. The van der Waals surface area contributed by atoms with E-state index in [4.69, 9.17) is 5.73 Å². The maximum Gasteiger partial charge on any atom is 0.391 e. The Morgan fingerprint density at radius 2 is 2.00 bits per heavy atom. The fraction of sp³-hybridized carbons (Fsp3) is 0.900. The Balaban J connectivity index is 0.00000256. The molecule has 0 radical (unpaired) electrons. The van der Waals surface area contributed by atoms with E-state index in [1.54, 1.807) is 0 Å². The molecule has 7 heteroatoms. The number of nitrogens with one attached hydrogen (secondary N) is 1. The fourth-order valence-corrected chi connectivity index (χ4v) is 2.05. The molecule has 0 bridgehead atoms. The van der Waals surface area contributed by atoms with Gasteiger partial charge in [-0.25, -0.2) is 0 Å². The van der Waals surface area contributed by atoms with Crippen LogP contribution in [0.3, 0.4) is 0 Å². The van der Waals surface area contributed by atoms with E-state index in [0.29, 0.717) is 12.8 Å². The lowest BCUT2D eigenvalue weighted by atomic mass is 9.85. The molecule has 0 aromatic rings. The molecule has 1 rings (SSSR count).